The molecule has 1 aliphatic heterocycles. The highest BCUT2D eigenvalue weighted by molar-refractivity contribution is 8.04. The van der Waals surface area contributed by atoms with Gasteiger partial charge in [0.05, 0.1) is 21.3 Å². The van der Waals surface area contributed by atoms with E-state index in [0.29, 0.717) is 26.9 Å². The molecule has 1 heterocycles. The minimum Gasteiger partial charge on any atom is -0.366 e. The van der Waals surface area contributed by atoms with E-state index >= 15 is 0 Å². The second kappa shape index (κ2) is 9.80. The predicted octanol–water partition coefficient (Wildman–Crippen LogP) is 6.43. The van der Waals surface area contributed by atoms with Crippen molar-refractivity contribution < 1.29 is 4.79 Å². The number of hydrogen-bond donors (Lipinski definition) is 1. The van der Waals surface area contributed by atoms with Crippen LogP contribution in [0.4, 0.5) is 0 Å². The number of hydrogen-bond acceptors (Lipinski definition) is 4. The van der Waals surface area contributed by atoms with Crippen molar-refractivity contribution in [1.82, 2.24) is 4.90 Å². The molecule has 1 saturated heterocycles. The minimum atomic E-state index is -0.446. The molecule has 0 aromatic heterocycles. The summed E-state index contributed by atoms with van der Waals surface area (Å²) in [6.45, 7) is 9.59. The first kappa shape index (κ1) is 23.2. The van der Waals surface area contributed by atoms with E-state index in [1.807, 2.05) is 19.1 Å². The number of allylic oxidation sites excluding steroid dienone is 1. The van der Waals surface area contributed by atoms with Crippen molar-refractivity contribution >= 4 is 46.6 Å². The fourth-order valence-electron chi connectivity index (χ4n) is 4.31. The summed E-state index contributed by atoms with van der Waals surface area (Å²) in [5.41, 5.74) is 7.32. The Morgan fingerprint density at radius 3 is 2.40 bits per heavy atom. The molecule has 4 nitrogen and oxygen atoms in total. The van der Waals surface area contributed by atoms with Crippen LogP contribution in [0.25, 0.3) is 0 Å². The molecule has 2 fully saturated rings. The number of rotatable bonds is 6. The molecule has 0 atom stereocenters. The molecular weight excluding hydrogens is 437 g/mol. The number of nitrogens with zero attached hydrogens (tertiary/aromatic N) is 2. The third kappa shape index (κ3) is 5.24. The number of aliphatic imine (C=N–C) groups is 1. The second-order valence-electron chi connectivity index (χ2n) is 8.28. The summed E-state index contributed by atoms with van der Waals surface area (Å²) in [7, 11) is 0. The lowest BCUT2D eigenvalue weighted by atomic mass is 9.77. The summed E-state index contributed by atoms with van der Waals surface area (Å²) in [6, 6.07) is 5.50. The van der Waals surface area contributed by atoms with E-state index < -0.39 is 5.91 Å². The average Bonchev–Trinajstić information content (AvgIpc) is 3.17. The maximum atomic E-state index is 12.0. The van der Waals surface area contributed by atoms with Crippen molar-refractivity contribution in [3.63, 3.8) is 0 Å². The normalized spacial score (nSPS) is 19.7. The van der Waals surface area contributed by atoms with Crippen molar-refractivity contribution in [3.05, 3.63) is 51.1 Å². The molecule has 0 radical (unpaired) electrons. The zero-order chi connectivity index (χ0) is 21.9. The number of primary amides is 1. The van der Waals surface area contributed by atoms with Gasteiger partial charge in [-0.1, -0.05) is 60.5 Å². The van der Waals surface area contributed by atoms with Crippen molar-refractivity contribution in [2.24, 2.45) is 16.1 Å². The van der Waals surface area contributed by atoms with Gasteiger partial charge in [0.25, 0.3) is 0 Å². The van der Waals surface area contributed by atoms with Gasteiger partial charge in [-0.05, 0) is 57.1 Å². The van der Waals surface area contributed by atoms with Crippen LogP contribution < -0.4 is 5.73 Å². The number of likely N-dealkylation sites (tertiary alicyclic amines) is 1. The quantitative estimate of drug-likeness (QED) is 0.298. The highest BCUT2D eigenvalue weighted by Gasteiger charge is 2.37. The van der Waals surface area contributed by atoms with E-state index in [0.717, 1.165) is 41.4 Å². The van der Waals surface area contributed by atoms with Crippen LogP contribution in [-0.4, -0.2) is 29.6 Å². The summed E-state index contributed by atoms with van der Waals surface area (Å²) in [6.07, 6.45) is 7.61. The Bertz CT molecular complexity index is 894. The summed E-state index contributed by atoms with van der Waals surface area (Å²) in [5.74, 6) is 0.214. The molecule has 7 heteroatoms. The Hall–Kier alpha value is -1.43. The molecule has 2 N–H and O–H groups in total. The lowest BCUT2D eigenvalue weighted by molar-refractivity contribution is -0.114. The molecule has 0 unspecified atom stereocenters. The Balaban J connectivity index is 1.79. The average molecular weight is 466 g/mol. The number of halogens is 2. The Morgan fingerprint density at radius 2 is 1.80 bits per heavy atom. The van der Waals surface area contributed by atoms with E-state index in [1.165, 1.54) is 37.4 Å². The molecule has 162 valence electrons. The number of amides is 1. The minimum absolute atomic E-state index is 0.446. The molecule has 1 aromatic carbocycles. The van der Waals surface area contributed by atoms with Gasteiger partial charge in [0.15, 0.2) is 0 Å². The van der Waals surface area contributed by atoms with Gasteiger partial charge < -0.3 is 10.6 Å². The van der Waals surface area contributed by atoms with Crippen LogP contribution in [0, 0.1) is 5.41 Å². The van der Waals surface area contributed by atoms with Crippen LogP contribution in [-0.2, 0) is 4.79 Å². The van der Waals surface area contributed by atoms with Gasteiger partial charge in [-0.25, -0.2) is 4.99 Å². The first-order valence-corrected chi connectivity index (χ1v) is 11.9. The molecule has 1 amide bonds. The lowest BCUT2D eigenvalue weighted by Crippen LogP contribution is -2.39. The topological polar surface area (TPSA) is 58.7 Å². The molecule has 30 heavy (non-hydrogen) atoms. The van der Waals surface area contributed by atoms with E-state index in [4.69, 9.17) is 33.9 Å². The second-order valence-corrected chi connectivity index (χ2v) is 10.2. The van der Waals surface area contributed by atoms with Crippen LogP contribution in [0.1, 0.15) is 52.4 Å². The van der Waals surface area contributed by atoms with Crippen LogP contribution in [0.5, 0.6) is 0 Å². The van der Waals surface area contributed by atoms with E-state index in [9.17, 15) is 4.79 Å². The van der Waals surface area contributed by atoms with E-state index in [1.54, 1.807) is 13.0 Å². The largest absolute Gasteiger partial charge is 0.366 e. The van der Waals surface area contributed by atoms with Gasteiger partial charge in [-0.15, -0.1) is 0 Å². The molecule has 2 aliphatic rings. The first-order chi connectivity index (χ1) is 14.2. The zero-order valence-corrected chi connectivity index (χ0v) is 20.0. The van der Waals surface area contributed by atoms with Crippen LogP contribution in [0.2, 0.25) is 10.0 Å². The number of piperidine rings is 1. The van der Waals surface area contributed by atoms with Gasteiger partial charge in [0.2, 0.25) is 5.91 Å². The monoisotopic (exact) mass is 465 g/mol. The SMILES string of the molecule is C=C(Sc1cccc(Cl)c1Cl)/C(C)=N\C(=C(/C)C(N)=O)N1CCC2(CCCC2)CC1. The molecule has 1 aliphatic carbocycles. The van der Waals surface area contributed by atoms with Gasteiger partial charge in [0, 0.05) is 22.9 Å². The molecule has 1 spiro atoms. The Labute approximate surface area is 193 Å². The fourth-order valence-corrected chi connectivity index (χ4v) is 5.59. The van der Waals surface area contributed by atoms with Crippen LogP contribution in [0.3, 0.4) is 0 Å². The number of carbonyl (C=O) groups is 1. The molecule has 1 saturated carbocycles. The number of nitrogens with two attached hydrogens (primary N) is 1. The lowest BCUT2D eigenvalue weighted by Gasteiger charge is -2.40. The summed E-state index contributed by atoms with van der Waals surface area (Å²) in [4.78, 5) is 20.6. The van der Waals surface area contributed by atoms with Gasteiger partial charge in [-0.3, -0.25) is 4.79 Å². The molecule has 3 rings (SSSR count). The van der Waals surface area contributed by atoms with Crippen molar-refractivity contribution in [3.8, 4) is 0 Å². The number of carbonyl (C=O) groups excluding carboxylic acids is 1. The highest BCUT2D eigenvalue weighted by atomic mass is 35.5. The fraction of sp³-hybridized carbons (Fsp3) is 0.478. The van der Waals surface area contributed by atoms with Gasteiger partial charge in [0.1, 0.15) is 5.82 Å². The molecule has 0 bridgehead atoms. The summed E-state index contributed by atoms with van der Waals surface area (Å²) in [5, 5.41) is 1.00. The Morgan fingerprint density at radius 1 is 1.17 bits per heavy atom. The van der Waals surface area contributed by atoms with Crippen LogP contribution in [0.15, 0.2) is 51.0 Å². The van der Waals surface area contributed by atoms with E-state index in [2.05, 4.69) is 11.5 Å². The number of benzene rings is 1. The van der Waals surface area contributed by atoms with Crippen molar-refractivity contribution in [1.29, 1.82) is 0 Å². The smallest absolute Gasteiger partial charge is 0.248 e. The highest BCUT2D eigenvalue weighted by Crippen LogP contribution is 2.46. The number of thioether (sulfide) groups is 1. The van der Waals surface area contributed by atoms with Crippen molar-refractivity contribution in [2.45, 2.75) is 57.3 Å². The van der Waals surface area contributed by atoms with E-state index in [-0.39, 0.29) is 0 Å². The first-order valence-electron chi connectivity index (χ1n) is 10.3. The zero-order valence-electron chi connectivity index (χ0n) is 17.6. The summed E-state index contributed by atoms with van der Waals surface area (Å²) < 4.78 is 0. The van der Waals surface area contributed by atoms with Gasteiger partial charge >= 0.3 is 0 Å². The predicted molar refractivity (Wildman–Crippen MR) is 128 cm³/mol. The summed E-state index contributed by atoms with van der Waals surface area (Å²) >= 11 is 13.8. The maximum absolute atomic E-state index is 12.0. The third-order valence-electron chi connectivity index (χ3n) is 6.32. The van der Waals surface area contributed by atoms with Crippen molar-refractivity contribution in [2.75, 3.05) is 13.1 Å². The third-order valence-corrected chi connectivity index (χ3v) is 8.35. The van der Waals surface area contributed by atoms with Gasteiger partial charge in [-0.2, -0.15) is 0 Å². The standard InChI is InChI=1S/C23H29Cl2N3OS/c1-15(21(26)29)22(28-13-11-23(12-14-28)9-4-5-10-23)27-16(2)17(3)30-19-8-6-7-18(24)20(19)25/h6-8H,3-5,9-14H2,1-2H3,(H2,26,29)/b22-15-,27-16-. The maximum Gasteiger partial charge on any atom is 0.248 e. The Kier molecular flexibility index (Phi) is 7.59. The van der Waals surface area contributed by atoms with Crippen LogP contribution >= 0.6 is 35.0 Å². The molecule has 1 aromatic rings. The molecular formula is C23H29Cl2N3OS.